The topological polar surface area (TPSA) is 102 Å². The van der Waals surface area contributed by atoms with Crippen LogP contribution in [0.3, 0.4) is 0 Å². The number of aromatic nitrogens is 2. The molecule has 148 valence electrons. The van der Waals surface area contributed by atoms with Gasteiger partial charge in [-0.05, 0) is 55.9 Å². The monoisotopic (exact) mass is 400 g/mol. The molecule has 3 rings (SSSR count). The van der Waals surface area contributed by atoms with Crippen LogP contribution in [0.1, 0.15) is 73.6 Å². The number of nitriles is 1. The molecule has 0 saturated heterocycles. The Bertz CT molecular complexity index is 825. The molecular weight excluding hydrogens is 376 g/mol. The van der Waals surface area contributed by atoms with Crippen LogP contribution in [0, 0.1) is 11.3 Å². The molecule has 2 aromatic rings. The Morgan fingerprint density at radius 2 is 1.93 bits per heavy atom. The minimum Gasteiger partial charge on any atom is -0.490 e. The zero-order chi connectivity index (χ0) is 20.5. The fraction of sp³-hybridized carbons (Fsp3) is 0.429. The van der Waals surface area contributed by atoms with E-state index in [1.165, 1.54) is 19.3 Å². The van der Waals surface area contributed by atoms with E-state index in [-0.39, 0.29) is 5.69 Å². The molecular formula is C21H25ClN4O2. The van der Waals surface area contributed by atoms with Crippen molar-refractivity contribution in [1.82, 2.24) is 10.2 Å². The summed E-state index contributed by atoms with van der Waals surface area (Å²) in [6, 6.07) is 10.6. The third-order valence-electron chi connectivity index (χ3n) is 4.45. The minimum absolute atomic E-state index is 0.208. The zero-order valence-electron chi connectivity index (χ0n) is 16.2. The number of halogens is 1. The number of carbonyl (C=O) groups excluding carboxylic acids is 1. The van der Waals surface area contributed by atoms with Gasteiger partial charge in [0.2, 0.25) is 0 Å². The molecule has 28 heavy (non-hydrogen) atoms. The maximum atomic E-state index is 10.6. The number of amides is 1. The van der Waals surface area contributed by atoms with Crippen LogP contribution in [0.5, 0.6) is 5.75 Å². The molecule has 0 aliphatic heterocycles. The van der Waals surface area contributed by atoms with Crippen LogP contribution in [0.4, 0.5) is 0 Å². The highest BCUT2D eigenvalue weighted by Crippen LogP contribution is 2.26. The molecule has 0 spiro atoms. The van der Waals surface area contributed by atoms with Crippen LogP contribution >= 0.6 is 11.6 Å². The third kappa shape index (κ3) is 6.50. The maximum Gasteiger partial charge on any atom is 0.269 e. The van der Waals surface area contributed by atoms with Gasteiger partial charge in [0.1, 0.15) is 11.8 Å². The highest BCUT2D eigenvalue weighted by molar-refractivity contribution is 6.31. The zero-order valence-corrected chi connectivity index (χ0v) is 16.9. The largest absolute Gasteiger partial charge is 0.490 e. The quantitative estimate of drug-likeness (QED) is 0.806. The molecule has 7 heteroatoms. The Morgan fingerprint density at radius 3 is 2.43 bits per heavy atom. The third-order valence-corrected chi connectivity index (χ3v) is 4.76. The average Bonchev–Trinajstić information content (AvgIpc) is 2.69. The minimum atomic E-state index is -0.544. The molecule has 1 aromatic heterocycles. The number of nitrogens with zero attached hydrogens (tertiary/aromatic N) is 3. The van der Waals surface area contributed by atoms with Gasteiger partial charge in [0.25, 0.3) is 5.91 Å². The number of benzene rings is 1. The van der Waals surface area contributed by atoms with Crippen molar-refractivity contribution in [2.75, 3.05) is 0 Å². The second-order valence-electron chi connectivity index (χ2n) is 6.99. The number of hydrogen-bond donors (Lipinski definition) is 1. The number of primary amides is 1. The van der Waals surface area contributed by atoms with Gasteiger partial charge in [0, 0.05) is 6.07 Å². The van der Waals surface area contributed by atoms with Gasteiger partial charge in [0.05, 0.1) is 22.4 Å². The van der Waals surface area contributed by atoms with E-state index in [1.54, 1.807) is 24.3 Å². The fourth-order valence-electron chi connectivity index (χ4n) is 2.82. The summed E-state index contributed by atoms with van der Waals surface area (Å²) in [4.78, 5) is 10.6. The molecule has 1 fully saturated rings. The van der Waals surface area contributed by atoms with E-state index in [4.69, 9.17) is 27.3 Å². The van der Waals surface area contributed by atoms with Gasteiger partial charge in [0.15, 0.2) is 5.69 Å². The van der Waals surface area contributed by atoms with Crippen LogP contribution in [0.25, 0.3) is 0 Å². The lowest BCUT2D eigenvalue weighted by Crippen LogP contribution is -2.19. The summed E-state index contributed by atoms with van der Waals surface area (Å²) in [6.07, 6.45) is 6.37. The Hall–Kier alpha value is -2.65. The first-order valence-electron chi connectivity index (χ1n) is 9.40. The summed E-state index contributed by atoms with van der Waals surface area (Å²) in [5, 5.41) is 16.7. The van der Waals surface area contributed by atoms with Crippen molar-refractivity contribution < 1.29 is 9.53 Å². The molecule has 1 aromatic carbocycles. The van der Waals surface area contributed by atoms with Crippen molar-refractivity contribution in [3.05, 3.63) is 52.3 Å². The van der Waals surface area contributed by atoms with Crippen molar-refractivity contribution in [1.29, 1.82) is 5.26 Å². The molecule has 1 saturated carbocycles. The molecule has 1 heterocycles. The van der Waals surface area contributed by atoms with Crippen LogP contribution in [-0.4, -0.2) is 22.2 Å². The molecule has 0 bridgehead atoms. The molecule has 2 N–H and O–H groups in total. The molecule has 1 aliphatic rings. The maximum absolute atomic E-state index is 10.6. The lowest BCUT2D eigenvalue weighted by atomic mass is 9.98. The summed E-state index contributed by atoms with van der Waals surface area (Å²) in [5.74, 6) is 0.549. The van der Waals surface area contributed by atoms with E-state index in [1.807, 2.05) is 26.0 Å². The summed E-state index contributed by atoms with van der Waals surface area (Å²) >= 11 is 5.94. The summed E-state index contributed by atoms with van der Waals surface area (Å²) < 4.78 is 5.84. The predicted octanol–water partition coefficient (Wildman–Crippen LogP) is 4.62. The van der Waals surface area contributed by atoms with Gasteiger partial charge in [-0.3, -0.25) is 4.79 Å². The first-order chi connectivity index (χ1) is 13.4. The van der Waals surface area contributed by atoms with Crippen LogP contribution in [-0.2, 0) is 0 Å². The molecule has 0 unspecified atom stereocenters. The molecule has 6 nitrogen and oxygen atoms in total. The van der Waals surface area contributed by atoms with E-state index in [2.05, 4.69) is 10.2 Å². The van der Waals surface area contributed by atoms with Crippen LogP contribution < -0.4 is 10.5 Å². The SMILES string of the molecule is CC(C)c1ccc(C(N)=O)nn1.N#Cc1ccc(OC2CCCCC2)cc1Cl. The van der Waals surface area contributed by atoms with E-state index in [9.17, 15) is 4.79 Å². The Morgan fingerprint density at radius 1 is 1.21 bits per heavy atom. The number of ether oxygens (including phenoxy) is 1. The molecule has 1 aliphatic carbocycles. The second-order valence-corrected chi connectivity index (χ2v) is 7.40. The first-order valence-corrected chi connectivity index (χ1v) is 9.78. The van der Waals surface area contributed by atoms with Crippen LogP contribution in [0.2, 0.25) is 5.02 Å². The van der Waals surface area contributed by atoms with Crippen molar-refractivity contribution in [2.45, 2.75) is 58.0 Å². The van der Waals surface area contributed by atoms with Gasteiger partial charge < -0.3 is 10.5 Å². The highest BCUT2D eigenvalue weighted by atomic mass is 35.5. The Labute approximate surface area is 170 Å². The van der Waals surface area contributed by atoms with Crippen molar-refractivity contribution in [2.24, 2.45) is 5.73 Å². The lowest BCUT2D eigenvalue weighted by molar-refractivity contribution is 0.0994. The standard InChI is InChI=1S/C13H14ClNO.C8H11N3O/c14-13-8-12(7-6-10(13)9-15)16-11-4-2-1-3-5-11;1-5(2)6-3-4-7(8(9)12)11-10-6/h6-8,11H,1-5H2;3-5H,1-2H3,(H2,9,12). The van der Waals surface area contributed by atoms with E-state index in [0.29, 0.717) is 22.6 Å². The van der Waals surface area contributed by atoms with Crippen molar-refractivity contribution in [3.63, 3.8) is 0 Å². The first kappa shape index (κ1) is 21.6. The van der Waals surface area contributed by atoms with E-state index >= 15 is 0 Å². The number of rotatable bonds is 4. The van der Waals surface area contributed by atoms with E-state index < -0.39 is 5.91 Å². The van der Waals surface area contributed by atoms with Gasteiger partial charge in [-0.15, -0.1) is 5.10 Å². The summed E-state index contributed by atoms with van der Waals surface area (Å²) in [7, 11) is 0. The smallest absolute Gasteiger partial charge is 0.269 e. The number of nitrogens with two attached hydrogens (primary N) is 1. The lowest BCUT2D eigenvalue weighted by Gasteiger charge is -2.23. The van der Waals surface area contributed by atoms with Crippen molar-refractivity contribution >= 4 is 17.5 Å². The average molecular weight is 401 g/mol. The second kappa shape index (κ2) is 10.6. The van der Waals surface area contributed by atoms with Crippen molar-refractivity contribution in [3.8, 4) is 11.8 Å². The Balaban J connectivity index is 0.000000209. The van der Waals surface area contributed by atoms with Gasteiger partial charge >= 0.3 is 0 Å². The molecule has 1 amide bonds. The predicted molar refractivity (Wildman–Crippen MR) is 108 cm³/mol. The number of carbonyl (C=O) groups is 1. The summed E-state index contributed by atoms with van der Waals surface area (Å²) in [5.41, 5.74) is 6.57. The van der Waals surface area contributed by atoms with Crippen LogP contribution in [0.15, 0.2) is 30.3 Å². The fourth-order valence-corrected chi connectivity index (χ4v) is 3.03. The van der Waals surface area contributed by atoms with E-state index in [0.717, 1.165) is 24.3 Å². The summed E-state index contributed by atoms with van der Waals surface area (Å²) in [6.45, 7) is 4.02. The number of hydrogen-bond acceptors (Lipinski definition) is 5. The Kier molecular flexibility index (Phi) is 8.21. The van der Waals surface area contributed by atoms with Gasteiger partial charge in [-0.2, -0.15) is 10.4 Å². The van der Waals surface area contributed by atoms with Gasteiger partial charge in [-0.1, -0.05) is 31.9 Å². The van der Waals surface area contributed by atoms with Gasteiger partial charge in [-0.25, -0.2) is 0 Å². The molecule has 0 atom stereocenters. The highest BCUT2D eigenvalue weighted by Gasteiger charge is 2.15. The molecule has 0 radical (unpaired) electrons. The normalized spacial score (nSPS) is 14.0.